The van der Waals surface area contributed by atoms with E-state index in [2.05, 4.69) is 10.3 Å². The third-order valence-corrected chi connectivity index (χ3v) is 4.92. The fraction of sp³-hybridized carbons (Fsp3) is 0.381. The maximum absolute atomic E-state index is 14.7. The van der Waals surface area contributed by atoms with Crippen LogP contribution in [0.5, 0.6) is 0 Å². The number of anilines is 1. The number of pyridine rings is 1. The molecule has 7 heteroatoms. The molecule has 1 N–H and O–H groups in total. The second kappa shape index (κ2) is 7.39. The molecule has 0 aliphatic carbocycles. The molecule has 1 aliphatic rings. The van der Waals surface area contributed by atoms with Gasteiger partial charge in [-0.05, 0) is 51.0 Å². The van der Waals surface area contributed by atoms with Crippen LogP contribution in [-0.2, 0) is 9.53 Å². The molecule has 28 heavy (non-hydrogen) atoms. The van der Waals surface area contributed by atoms with Crippen molar-refractivity contribution in [2.75, 3.05) is 5.32 Å². The van der Waals surface area contributed by atoms with Crippen molar-refractivity contribution in [2.45, 2.75) is 51.7 Å². The van der Waals surface area contributed by atoms with Crippen molar-refractivity contribution in [1.29, 1.82) is 0 Å². The third kappa shape index (κ3) is 3.94. The summed E-state index contributed by atoms with van der Waals surface area (Å²) in [5.41, 5.74) is 0.144. The standard InChI is InChI=1S/C21H22F2N2O3/c1-11-16(22)6-5-14(18(11)23)15-10-21(3,4)28-19(15)20(27)25-13-7-8-24-17(9-13)12(2)26/h5-9,15,19H,10H2,1-4H3,(H,24,25,27)/t15-,19+/m0/s1. The maximum atomic E-state index is 14.7. The summed E-state index contributed by atoms with van der Waals surface area (Å²) in [4.78, 5) is 28.3. The highest BCUT2D eigenvalue weighted by Gasteiger charge is 2.46. The van der Waals surface area contributed by atoms with Crippen LogP contribution in [0.15, 0.2) is 30.5 Å². The average Bonchev–Trinajstić information content (AvgIpc) is 2.95. The molecule has 148 valence electrons. The Bertz CT molecular complexity index is 943. The SMILES string of the molecule is CC(=O)c1cc(NC(=O)[C@@H]2OC(C)(C)C[C@H]2c2ccc(F)c(C)c2F)ccn1. The number of halogens is 2. The molecule has 0 radical (unpaired) electrons. The van der Waals surface area contributed by atoms with E-state index in [1.165, 1.54) is 38.2 Å². The van der Waals surface area contributed by atoms with Gasteiger partial charge in [0.25, 0.3) is 5.91 Å². The van der Waals surface area contributed by atoms with Crippen LogP contribution in [0, 0.1) is 18.6 Å². The van der Waals surface area contributed by atoms with Crippen molar-refractivity contribution in [1.82, 2.24) is 4.98 Å². The van der Waals surface area contributed by atoms with Crippen molar-refractivity contribution in [3.05, 3.63) is 58.9 Å². The molecule has 1 aromatic heterocycles. The van der Waals surface area contributed by atoms with Gasteiger partial charge in [-0.15, -0.1) is 0 Å². The lowest BCUT2D eigenvalue weighted by molar-refractivity contribution is -0.130. The molecule has 1 aliphatic heterocycles. The molecule has 0 unspecified atom stereocenters. The van der Waals surface area contributed by atoms with Gasteiger partial charge in [0.05, 0.1) is 5.60 Å². The Kier molecular flexibility index (Phi) is 5.30. The highest BCUT2D eigenvalue weighted by atomic mass is 19.1. The summed E-state index contributed by atoms with van der Waals surface area (Å²) < 4.78 is 34.3. The first kappa shape index (κ1) is 20.1. The molecule has 1 saturated heterocycles. The summed E-state index contributed by atoms with van der Waals surface area (Å²) in [6, 6.07) is 5.60. The van der Waals surface area contributed by atoms with Crippen LogP contribution in [0.3, 0.4) is 0 Å². The summed E-state index contributed by atoms with van der Waals surface area (Å²) in [5, 5.41) is 2.71. The first-order valence-corrected chi connectivity index (χ1v) is 8.99. The summed E-state index contributed by atoms with van der Waals surface area (Å²) in [6.07, 6.45) is 0.872. The lowest BCUT2D eigenvalue weighted by Crippen LogP contribution is -2.33. The number of ether oxygens (including phenoxy) is 1. The van der Waals surface area contributed by atoms with Crippen LogP contribution < -0.4 is 5.32 Å². The van der Waals surface area contributed by atoms with Gasteiger partial charge < -0.3 is 10.1 Å². The lowest BCUT2D eigenvalue weighted by Gasteiger charge is -2.20. The van der Waals surface area contributed by atoms with E-state index in [1.54, 1.807) is 6.07 Å². The normalized spacial score (nSPS) is 20.8. The zero-order valence-electron chi connectivity index (χ0n) is 16.2. The highest BCUT2D eigenvalue weighted by Crippen LogP contribution is 2.43. The Morgan fingerprint density at radius 1 is 1.25 bits per heavy atom. The number of aromatic nitrogens is 1. The Morgan fingerprint density at radius 2 is 1.96 bits per heavy atom. The molecule has 1 fully saturated rings. The van der Waals surface area contributed by atoms with E-state index in [0.717, 1.165) is 0 Å². The van der Waals surface area contributed by atoms with Gasteiger partial charge in [0, 0.05) is 30.3 Å². The van der Waals surface area contributed by atoms with E-state index in [9.17, 15) is 18.4 Å². The Hall–Kier alpha value is -2.67. The summed E-state index contributed by atoms with van der Waals surface area (Å²) >= 11 is 0. The largest absolute Gasteiger partial charge is 0.362 e. The van der Waals surface area contributed by atoms with Gasteiger partial charge in [0.1, 0.15) is 23.4 Å². The molecule has 2 atom stereocenters. The van der Waals surface area contributed by atoms with Crippen LogP contribution >= 0.6 is 0 Å². The summed E-state index contributed by atoms with van der Waals surface area (Å²) in [5.74, 6) is -2.54. The van der Waals surface area contributed by atoms with E-state index < -0.39 is 35.2 Å². The molecular formula is C21H22F2N2O3. The second-order valence-electron chi connectivity index (χ2n) is 7.66. The van der Waals surface area contributed by atoms with E-state index >= 15 is 0 Å². The zero-order chi connectivity index (χ0) is 20.6. The number of ketones is 1. The third-order valence-electron chi connectivity index (χ3n) is 4.92. The molecule has 3 rings (SSSR count). The number of carbonyl (C=O) groups is 2. The van der Waals surface area contributed by atoms with E-state index in [0.29, 0.717) is 12.1 Å². The molecular weight excluding hydrogens is 366 g/mol. The van der Waals surface area contributed by atoms with Gasteiger partial charge in [-0.25, -0.2) is 8.78 Å². The van der Waals surface area contributed by atoms with E-state index in [-0.39, 0.29) is 22.6 Å². The number of rotatable bonds is 4. The van der Waals surface area contributed by atoms with Gasteiger partial charge in [-0.3, -0.25) is 14.6 Å². The van der Waals surface area contributed by atoms with E-state index in [4.69, 9.17) is 4.74 Å². The molecule has 5 nitrogen and oxygen atoms in total. The van der Waals surface area contributed by atoms with Crippen molar-refractivity contribution >= 4 is 17.4 Å². The minimum atomic E-state index is -0.955. The second-order valence-corrected chi connectivity index (χ2v) is 7.66. The first-order valence-electron chi connectivity index (χ1n) is 8.99. The molecule has 0 spiro atoms. The Morgan fingerprint density at radius 3 is 2.64 bits per heavy atom. The predicted octanol–water partition coefficient (Wildman–Crippen LogP) is 4.16. The fourth-order valence-electron chi connectivity index (χ4n) is 3.50. The number of nitrogens with one attached hydrogen (secondary N) is 1. The number of Topliss-reactive ketones (excluding diaryl/α,β-unsaturated/α-hetero) is 1. The smallest absolute Gasteiger partial charge is 0.254 e. The van der Waals surface area contributed by atoms with Gasteiger partial charge in [0.2, 0.25) is 0 Å². The van der Waals surface area contributed by atoms with Gasteiger partial charge in [-0.1, -0.05) is 6.07 Å². The molecule has 1 amide bonds. The first-order chi connectivity index (χ1) is 13.1. The van der Waals surface area contributed by atoms with Gasteiger partial charge >= 0.3 is 0 Å². The van der Waals surface area contributed by atoms with Crippen molar-refractivity contribution < 1.29 is 23.1 Å². The van der Waals surface area contributed by atoms with Gasteiger partial charge in [-0.2, -0.15) is 0 Å². The number of nitrogens with zero attached hydrogens (tertiary/aromatic N) is 1. The summed E-state index contributed by atoms with van der Waals surface area (Å²) in [6.45, 7) is 6.39. The monoisotopic (exact) mass is 388 g/mol. The molecule has 0 bridgehead atoms. The predicted molar refractivity (Wildman–Crippen MR) is 100 cm³/mol. The minimum absolute atomic E-state index is 0.0819. The molecule has 0 saturated carbocycles. The van der Waals surface area contributed by atoms with Crippen molar-refractivity contribution in [3.8, 4) is 0 Å². The number of amides is 1. The summed E-state index contributed by atoms with van der Waals surface area (Å²) in [7, 11) is 0. The van der Waals surface area contributed by atoms with Gasteiger partial charge in [0.15, 0.2) is 5.78 Å². The maximum Gasteiger partial charge on any atom is 0.254 e. The highest BCUT2D eigenvalue weighted by molar-refractivity contribution is 5.97. The molecule has 1 aromatic carbocycles. The molecule has 2 aromatic rings. The topological polar surface area (TPSA) is 68.3 Å². The minimum Gasteiger partial charge on any atom is -0.362 e. The van der Waals surface area contributed by atoms with Crippen LogP contribution in [0.25, 0.3) is 0 Å². The quantitative estimate of drug-likeness (QED) is 0.799. The Labute approximate surface area is 162 Å². The van der Waals surface area contributed by atoms with E-state index in [1.807, 2.05) is 13.8 Å². The van der Waals surface area contributed by atoms with Crippen molar-refractivity contribution in [2.24, 2.45) is 0 Å². The number of hydrogen-bond donors (Lipinski definition) is 1. The zero-order valence-corrected chi connectivity index (χ0v) is 16.2. The lowest BCUT2D eigenvalue weighted by atomic mass is 9.86. The van der Waals surface area contributed by atoms with Crippen LogP contribution in [0.2, 0.25) is 0 Å². The molecule has 2 heterocycles. The number of benzene rings is 1. The fourth-order valence-corrected chi connectivity index (χ4v) is 3.50. The van der Waals surface area contributed by atoms with Crippen LogP contribution in [0.4, 0.5) is 14.5 Å². The van der Waals surface area contributed by atoms with Crippen LogP contribution in [0.1, 0.15) is 54.7 Å². The Balaban J connectivity index is 1.90. The van der Waals surface area contributed by atoms with Crippen LogP contribution in [-0.4, -0.2) is 28.4 Å². The number of carbonyl (C=O) groups excluding carboxylic acids is 2. The number of hydrogen-bond acceptors (Lipinski definition) is 4. The van der Waals surface area contributed by atoms with Crippen molar-refractivity contribution in [3.63, 3.8) is 0 Å². The average molecular weight is 388 g/mol.